The van der Waals surface area contributed by atoms with E-state index in [1.165, 1.54) is 13.0 Å². The molecule has 0 spiro atoms. The standard InChI is InChI=1S/C9H12BO/c1-2-5-8-6-3-4-7-9(8)10-11/h3-4,6-7,11H,2,5H2,1H3. The number of hydrogen-bond donors (Lipinski definition) is 1. The van der Waals surface area contributed by atoms with Crippen molar-refractivity contribution in [2.24, 2.45) is 0 Å². The summed E-state index contributed by atoms with van der Waals surface area (Å²) in [6.07, 6.45) is 2.15. The molecule has 0 heterocycles. The second-order valence-corrected chi connectivity index (χ2v) is 2.58. The van der Waals surface area contributed by atoms with Gasteiger partial charge in [-0.15, -0.1) is 0 Å². The van der Waals surface area contributed by atoms with E-state index in [0.717, 1.165) is 18.3 Å². The van der Waals surface area contributed by atoms with Gasteiger partial charge in [-0.2, -0.15) is 0 Å². The van der Waals surface area contributed by atoms with Crippen LogP contribution in [0, 0.1) is 0 Å². The Hall–Kier alpha value is -0.755. The topological polar surface area (TPSA) is 20.2 Å². The van der Waals surface area contributed by atoms with E-state index in [1.54, 1.807) is 0 Å². The normalized spacial score (nSPS) is 9.64. The maximum atomic E-state index is 8.82. The summed E-state index contributed by atoms with van der Waals surface area (Å²) in [7, 11) is 1.17. The molecule has 0 aliphatic rings. The lowest BCUT2D eigenvalue weighted by atomic mass is 9.83. The fraction of sp³-hybridized carbons (Fsp3) is 0.333. The fourth-order valence-corrected chi connectivity index (χ4v) is 1.16. The van der Waals surface area contributed by atoms with Gasteiger partial charge in [0.05, 0.1) is 0 Å². The molecular formula is C9H12BO. The van der Waals surface area contributed by atoms with Crippen molar-refractivity contribution in [2.45, 2.75) is 19.8 Å². The van der Waals surface area contributed by atoms with Gasteiger partial charge in [0, 0.05) is 0 Å². The van der Waals surface area contributed by atoms with Gasteiger partial charge in [-0.05, 0) is 6.42 Å². The van der Waals surface area contributed by atoms with Crippen LogP contribution in [0.4, 0.5) is 0 Å². The summed E-state index contributed by atoms with van der Waals surface area (Å²) in [4.78, 5) is 0. The maximum Gasteiger partial charge on any atom is 0.327 e. The quantitative estimate of drug-likeness (QED) is 0.629. The largest absolute Gasteiger partial charge is 0.450 e. The molecule has 0 unspecified atom stereocenters. The van der Waals surface area contributed by atoms with Gasteiger partial charge >= 0.3 is 7.48 Å². The van der Waals surface area contributed by atoms with Crippen LogP contribution in [0.2, 0.25) is 0 Å². The summed E-state index contributed by atoms with van der Waals surface area (Å²) in [6.45, 7) is 2.13. The van der Waals surface area contributed by atoms with Crippen LogP contribution < -0.4 is 5.46 Å². The Morgan fingerprint density at radius 3 is 2.73 bits per heavy atom. The summed E-state index contributed by atoms with van der Waals surface area (Å²) in [6, 6.07) is 7.90. The summed E-state index contributed by atoms with van der Waals surface area (Å²) in [5.74, 6) is 0. The Morgan fingerprint density at radius 1 is 1.36 bits per heavy atom. The maximum absolute atomic E-state index is 8.82. The van der Waals surface area contributed by atoms with Crippen LogP contribution in [0.25, 0.3) is 0 Å². The fourth-order valence-electron chi connectivity index (χ4n) is 1.16. The van der Waals surface area contributed by atoms with Gasteiger partial charge in [0.1, 0.15) is 0 Å². The molecule has 0 saturated heterocycles. The van der Waals surface area contributed by atoms with Gasteiger partial charge in [0.15, 0.2) is 0 Å². The van der Waals surface area contributed by atoms with Crippen molar-refractivity contribution in [2.75, 3.05) is 0 Å². The van der Waals surface area contributed by atoms with Gasteiger partial charge in [-0.1, -0.05) is 48.6 Å². The Morgan fingerprint density at radius 2 is 2.09 bits per heavy atom. The molecule has 1 radical (unpaired) electrons. The summed E-state index contributed by atoms with van der Waals surface area (Å²) < 4.78 is 0. The van der Waals surface area contributed by atoms with Crippen LogP contribution in [0.3, 0.4) is 0 Å². The lowest BCUT2D eigenvalue weighted by Crippen LogP contribution is -2.18. The molecular weight excluding hydrogens is 135 g/mol. The minimum Gasteiger partial charge on any atom is -0.450 e. The minimum absolute atomic E-state index is 0.939. The van der Waals surface area contributed by atoms with Crippen molar-refractivity contribution in [3.63, 3.8) is 0 Å². The predicted molar refractivity (Wildman–Crippen MR) is 48.0 cm³/mol. The van der Waals surface area contributed by atoms with Crippen LogP contribution in [0.5, 0.6) is 0 Å². The van der Waals surface area contributed by atoms with E-state index in [4.69, 9.17) is 5.02 Å². The van der Waals surface area contributed by atoms with Crippen LogP contribution in [0.15, 0.2) is 24.3 Å². The molecule has 2 heteroatoms. The van der Waals surface area contributed by atoms with E-state index in [-0.39, 0.29) is 0 Å². The molecule has 1 rings (SSSR count). The zero-order chi connectivity index (χ0) is 8.10. The zero-order valence-electron chi connectivity index (χ0n) is 6.75. The first-order chi connectivity index (χ1) is 5.38. The minimum atomic E-state index is 0.939. The highest BCUT2D eigenvalue weighted by atomic mass is 16.2. The Kier molecular flexibility index (Phi) is 3.18. The molecule has 0 aliphatic heterocycles. The summed E-state index contributed by atoms with van der Waals surface area (Å²) >= 11 is 0. The molecule has 1 N–H and O–H groups in total. The van der Waals surface area contributed by atoms with E-state index in [9.17, 15) is 0 Å². The second-order valence-electron chi connectivity index (χ2n) is 2.58. The van der Waals surface area contributed by atoms with Crippen LogP contribution in [-0.2, 0) is 6.42 Å². The van der Waals surface area contributed by atoms with Gasteiger partial charge < -0.3 is 5.02 Å². The average Bonchev–Trinajstić information content (AvgIpc) is 2.06. The first-order valence-corrected chi connectivity index (χ1v) is 3.93. The van der Waals surface area contributed by atoms with Crippen molar-refractivity contribution in [1.29, 1.82) is 0 Å². The van der Waals surface area contributed by atoms with Gasteiger partial charge in [-0.25, -0.2) is 0 Å². The molecule has 57 valence electrons. The lowest BCUT2D eigenvalue weighted by molar-refractivity contribution is 0.615. The van der Waals surface area contributed by atoms with E-state index in [2.05, 4.69) is 6.92 Å². The number of aryl methyl sites for hydroxylation is 1. The van der Waals surface area contributed by atoms with Crippen LogP contribution >= 0.6 is 0 Å². The molecule has 0 atom stereocenters. The number of rotatable bonds is 3. The van der Waals surface area contributed by atoms with E-state index in [1.807, 2.05) is 24.3 Å². The first kappa shape index (κ1) is 8.34. The number of hydrogen-bond acceptors (Lipinski definition) is 1. The van der Waals surface area contributed by atoms with Gasteiger partial charge in [0.25, 0.3) is 0 Å². The van der Waals surface area contributed by atoms with E-state index in [0.29, 0.717) is 0 Å². The highest BCUT2D eigenvalue weighted by Gasteiger charge is 1.99. The second kappa shape index (κ2) is 4.19. The molecule has 1 nitrogen and oxygen atoms in total. The number of benzene rings is 1. The molecule has 1 aromatic carbocycles. The molecule has 0 saturated carbocycles. The monoisotopic (exact) mass is 147 g/mol. The zero-order valence-corrected chi connectivity index (χ0v) is 6.75. The van der Waals surface area contributed by atoms with Crippen molar-refractivity contribution in [1.82, 2.24) is 0 Å². The molecule has 0 bridgehead atoms. The molecule has 0 aromatic heterocycles. The highest BCUT2D eigenvalue weighted by Crippen LogP contribution is 1.98. The van der Waals surface area contributed by atoms with Crippen molar-refractivity contribution < 1.29 is 5.02 Å². The van der Waals surface area contributed by atoms with E-state index < -0.39 is 0 Å². The molecule has 1 aromatic rings. The Bertz CT molecular complexity index is 223. The Balaban J connectivity index is 2.83. The SMILES string of the molecule is CCCc1ccccc1[B]O. The van der Waals surface area contributed by atoms with E-state index >= 15 is 0 Å². The Labute approximate surface area is 68.3 Å². The molecule has 11 heavy (non-hydrogen) atoms. The van der Waals surface area contributed by atoms with Crippen molar-refractivity contribution in [3.05, 3.63) is 29.8 Å². The van der Waals surface area contributed by atoms with Gasteiger partial charge in [-0.3, -0.25) is 0 Å². The van der Waals surface area contributed by atoms with Crippen LogP contribution in [-0.4, -0.2) is 12.5 Å². The summed E-state index contributed by atoms with van der Waals surface area (Å²) in [5, 5.41) is 8.82. The molecule has 0 aliphatic carbocycles. The van der Waals surface area contributed by atoms with Gasteiger partial charge in [0.2, 0.25) is 0 Å². The third-order valence-corrected chi connectivity index (χ3v) is 1.71. The highest BCUT2D eigenvalue weighted by molar-refractivity contribution is 6.46. The molecule has 0 amide bonds. The predicted octanol–water partition coefficient (Wildman–Crippen LogP) is 0.876. The lowest BCUT2D eigenvalue weighted by Gasteiger charge is -2.02. The van der Waals surface area contributed by atoms with Crippen LogP contribution in [0.1, 0.15) is 18.9 Å². The van der Waals surface area contributed by atoms with Crippen molar-refractivity contribution in [3.8, 4) is 0 Å². The summed E-state index contributed by atoms with van der Waals surface area (Å²) in [5.41, 5.74) is 2.16. The van der Waals surface area contributed by atoms with Crippen molar-refractivity contribution >= 4 is 12.9 Å². The average molecular weight is 147 g/mol. The smallest absolute Gasteiger partial charge is 0.327 e. The third-order valence-electron chi connectivity index (χ3n) is 1.71. The molecule has 0 fully saturated rings. The third kappa shape index (κ3) is 2.09. The first-order valence-electron chi connectivity index (χ1n) is 3.93.